The molecule has 1 aromatic carbocycles. The zero-order valence-electron chi connectivity index (χ0n) is 10.3. The van der Waals surface area contributed by atoms with Crippen molar-refractivity contribution in [1.82, 2.24) is 5.48 Å². The Kier molecular flexibility index (Phi) is 5.46. The van der Waals surface area contributed by atoms with E-state index in [1.165, 1.54) is 5.56 Å². The van der Waals surface area contributed by atoms with Gasteiger partial charge in [0.05, 0.1) is 12.2 Å². The summed E-state index contributed by atoms with van der Waals surface area (Å²) in [6.45, 7) is 5.50. The van der Waals surface area contributed by atoms with Crippen LogP contribution in [0.5, 0.6) is 0 Å². The lowest BCUT2D eigenvalue weighted by molar-refractivity contribution is -0.0143. The Labute approximate surface area is 97.7 Å². The predicted octanol–water partition coefficient (Wildman–Crippen LogP) is 2.52. The standard InChI is InChI=1S/C13H21NO2/c1-13(2,15-3)9-10-14-16-11-12-7-5-4-6-8-12/h4-8,14H,9-11H2,1-3H3. The van der Waals surface area contributed by atoms with Crippen molar-refractivity contribution in [2.45, 2.75) is 32.5 Å². The topological polar surface area (TPSA) is 30.5 Å². The summed E-state index contributed by atoms with van der Waals surface area (Å²) in [6, 6.07) is 10.1. The third-order valence-electron chi connectivity index (χ3n) is 2.57. The summed E-state index contributed by atoms with van der Waals surface area (Å²) < 4.78 is 5.31. The van der Waals surface area contributed by atoms with Crippen LogP contribution in [0, 0.1) is 0 Å². The van der Waals surface area contributed by atoms with Crippen molar-refractivity contribution in [3.8, 4) is 0 Å². The van der Waals surface area contributed by atoms with Crippen molar-refractivity contribution in [3.63, 3.8) is 0 Å². The van der Waals surface area contributed by atoms with E-state index in [0.717, 1.165) is 13.0 Å². The van der Waals surface area contributed by atoms with E-state index in [4.69, 9.17) is 9.57 Å². The molecule has 1 N–H and O–H groups in total. The molecular formula is C13H21NO2. The number of methoxy groups -OCH3 is 1. The summed E-state index contributed by atoms with van der Waals surface area (Å²) in [4.78, 5) is 5.35. The molecule has 0 unspecified atom stereocenters. The molecule has 0 saturated heterocycles. The maximum Gasteiger partial charge on any atom is 0.0933 e. The minimum Gasteiger partial charge on any atom is -0.379 e. The number of hydrogen-bond donors (Lipinski definition) is 1. The van der Waals surface area contributed by atoms with E-state index >= 15 is 0 Å². The molecular weight excluding hydrogens is 202 g/mol. The van der Waals surface area contributed by atoms with E-state index in [9.17, 15) is 0 Å². The molecule has 0 aromatic heterocycles. The normalized spacial score (nSPS) is 11.7. The maximum absolute atomic E-state index is 5.35. The molecule has 3 nitrogen and oxygen atoms in total. The second-order valence-corrected chi connectivity index (χ2v) is 4.38. The first-order valence-electron chi connectivity index (χ1n) is 5.58. The predicted molar refractivity (Wildman–Crippen MR) is 64.9 cm³/mol. The Morgan fingerprint density at radius 3 is 2.50 bits per heavy atom. The van der Waals surface area contributed by atoms with E-state index in [-0.39, 0.29) is 5.60 Å². The quantitative estimate of drug-likeness (QED) is 0.569. The molecule has 3 heteroatoms. The minimum atomic E-state index is -0.0941. The van der Waals surface area contributed by atoms with Gasteiger partial charge in [0.15, 0.2) is 0 Å². The van der Waals surface area contributed by atoms with Crippen LogP contribution in [0.4, 0.5) is 0 Å². The van der Waals surface area contributed by atoms with Gasteiger partial charge in [0, 0.05) is 13.7 Å². The molecule has 0 aliphatic rings. The third-order valence-corrected chi connectivity index (χ3v) is 2.57. The van der Waals surface area contributed by atoms with Crippen molar-refractivity contribution < 1.29 is 9.57 Å². The summed E-state index contributed by atoms with van der Waals surface area (Å²) in [5.74, 6) is 0. The van der Waals surface area contributed by atoms with Gasteiger partial charge in [-0.15, -0.1) is 0 Å². The monoisotopic (exact) mass is 223 g/mol. The fraction of sp³-hybridized carbons (Fsp3) is 0.538. The van der Waals surface area contributed by atoms with Gasteiger partial charge in [-0.2, -0.15) is 0 Å². The van der Waals surface area contributed by atoms with Crippen LogP contribution in [-0.2, 0) is 16.2 Å². The van der Waals surface area contributed by atoms with Gasteiger partial charge in [-0.1, -0.05) is 30.3 Å². The van der Waals surface area contributed by atoms with Crippen LogP contribution in [0.25, 0.3) is 0 Å². The zero-order valence-corrected chi connectivity index (χ0v) is 10.3. The molecule has 0 radical (unpaired) electrons. The lowest BCUT2D eigenvalue weighted by atomic mass is 10.1. The summed E-state index contributed by atoms with van der Waals surface area (Å²) >= 11 is 0. The Hall–Kier alpha value is -0.900. The fourth-order valence-electron chi connectivity index (χ4n) is 1.23. The van der Waals surface area contributed by atoms with Crippen LogP contribution in [-0.4, -0.2) is 19.3 Å². The van der Waals surface area contributed by atoms with Crippen LogP contribution < -0.4 is 5.48 Å². The van der Waals surface area contributed by atoms with Gasteiger partial charge < -0.3 is 4.74 Å². The second-order valence-electron chi connectivity index (χ2n) is 4.38. The highest BCUT2D eigenvalue weighted by Crippen LogP contribution is 2.11. The van der Waals surface area contributed by atoms with Gasteiger partial charge in [-0.05, 0) is 25.8 Å². The van der Waals surface area contributed by atoms with E-state index in [1.54, 1.807) is 7.11 Å². The summed E-state index contributed by atoms with van der Waals surface area (Å²) in [5.41, 5.74) is 4.02. The Morgan fingerprint density at radius 1 is 1.19 bits per heavy atom. The molecule has 0 atom stereocenters. The highest BCUT2D eigenvalue weighted by Gasteiger charge is 2.14. The number of benzene rings is 1. The molecule has 0 heterocycles. The highest BCUT2D eigenvalue weighted by molar-refractivity contribution is 5.13. The second kappa shape index (κ2) is 6.63. The number of rotatable bonds is 7. The van der Waals surface area contributed by atoms with Crippen molar-refractivity contribution in [2.75, 3.05) is 13.7 Å². The van der Waals surface area contributed by atoms with Crippen LogP contribution >= 0.6 is 0 Å². The van der Waals surface area contributed by atoms with Crippen molar-refractivity contribution in [2.24, 2.45) is 0 Å². The van der Waals surface area contributed by atoms with E-state index in [0.29, 0.717) is 6.61 Å². The average Bonchev–Trinajstić information content (AvgIpc) is 2.30. The van der Waals surface area contributed by atoms with Gasteiger partial charge in [0.2, 0.25) is 0 Å². The largest absolute Gasteiger partial charge is 0.379 e. The molecule has 90 valence electrons. The molecule has 0 bridgehead atoms. The van der Waals surface area contributed by atoms with Crippen molar-refractivity contribution in [3.05, 3.63) is 35.9 Å². The highest BCUT2D eigenvalue weighted by atomic mass is 16.6. The van der Waals surface area contributed by atoms with Gasteiger partial charge >= 0.3 is 0 Å². The zero-order chi connectivity index (χ0) is 11.9. The molecule has 0 aliphatic carbocycles. The lowest BCUT2D eigenvalue weighted by Gasteiger charge is -2.22. The van der Waals surface area contributed by atoms with Crippen LogP contribution in [0.15, 0.2) is 30.3 Å². The number of hydroxylamine groups is 1. The number of ether oxygens (including phenoxy) is 1. The first kappa shape index (κ1) is 13.2. The lowest BCUT2D eigenvalue weighted by Crippen LogP contribution is -2.28. The fourth-order valence-corrected chi connectivity index (χ4v) is 1.23. The average molecular weight is 223 g/mol. The first-order chi connectivity index (χ1) is 7.64. The number of nitrogens with one attached hydrogen (secondary N) is 1. The van der Waals surface area contributed by atoms with E-state index in [2.05, 4.69) is 19.3 Å². The summed E-state index contributed by atoms with van der Waals surface area (Å²) in [6.07, 6.45) is 0.915. The third kappa shape index (κ3) is 5.26. The van der Waals surface area contributed by atoms with Crippen LogP contribution in [0.1, 0.15) is 25.8 Å². The molecule has 1 rings (SSSR count). The molecule has 0 spiro atoms. The van der Waals surface area contributed by atoms with Crippen molar-refractivity contribution in [1.29, 1.82) is 0 Å². The Bertz CT molecular complexity index is 285. The molecule has 0 amide bonds. The van der Waals surface area contributed by atoms with Crippen LogP contribution in [0.2, 0.25) is 0 Å². The van der Waals surface area contributed by atoms with E-state index < -0.39 is 0 Å². The summed E-state index contributed by atoms with van der Waals surface area (Å²) in [7, 11) is 1.73. The number of hydrogen-bond acceptors (Lipinski definition) is 3. The minimum absolute atomic E-state index is 0.0941. The SMILES string of the molecule is COC(C)(C)CCNOCc1ccccc1. The van der Waals surface area contributed by atoms with Gasteiger partial charge in [-0.3, -0.25) is 4.84 Å². The molecule has 16 heavy (non-hydrogen) atoms. The van der Waals surface area contributed by atoms with Gasteiger partial charge in [0.25, 0.3) is 0 Å². The van der Waals surface area contributed by atoms with Gasteiger partial charge in [-0.25, -0.2) is 5.48 Å². The molecule has 0 fully saturated rings. The maximum atomic E-state index is 5.35. The van der Waals surface area contributed by atoms with E-state index in [1.807, 2.05) is 30.3 Å². The molecule has 1 aromatic rings. The smallest absolute Gasteiger partial charge is 0.0933 e. The molecule has 0 aliphatic heterocycles. The Morgan fingerprint density at radius 2 is 1.88 bits per heavy atom. The van der Waals surface area contributed by atoms with Gasteiger partial charge in [0.1, 0.15) is 0 Å². The summed E-state index contributed by atoms with van der Waals surface area (Å²) in [5, 5.41) is 0. The Balaban J connectivity index is 2.09. The first-order valence-corrected chi connectivity index (χ1v) is 5.58. The van der Waals surface area contributed by atoms with Crippen LogP contribution in [0.3, 0.4) is 0 Å². The van der Waals surface area contributed by atoms with Crippen molar-refractivity contribution >= 4 is 0 Å². The molecule has 0 saturated carbocycles.